The maximum atomic E-state index is 12.3. The van der Waals surface area contributed by atoms with Crippen LogP contribution in [0.5, 0.6) is 0 Å². The highest BCUT2D eigenvalue weighted by molar-refractivity contribution is 6.30. The van der Waals surface area contributed by atoms with E-state index in [2.05, 4.69) is 13.8 Å². The molecule has 2 N–H and O–H groups in total. The van der Waals surface area contributed by atoms with Crippen LogP contribution in [0.2, 0.25) is 5.02 Å². The van der Waals surface area contributed by atoms with Gasteiger partial charge in [-0.1, -0.05) is 37.6 Å². The van der Waals surface area contributed by atoms with Crippen molar-refractivity contribution in [2.24, 2.45) is 17.6 Å². The average Bonchev–Trinajstić information content (AvgIpc) is 2.37. The number of hydrogen-bond donors (Lipinski definition) is 1. The fraction of sp³-hybridized carbons (Fsp3) is 0.533. The van der Waals surface area contributed by atoms with E-state index >= 15 is 0 Å². The van der Waals surface area contributed by atoms with Crippen LogP contribution in [0.25, 0.3) is 0 Å². The molecule has 3 nitrogen and oxygen atoms in total. The number of nitrogens with two attached hydrogens (primary N) is 1. The van der Waals surface area contributed by atoms with Crippen molar-refractivity contribution in [3.8, 4) is 0 Å². The van der Waals surface area contributed by atoms with Crippen molar-refractivity contribution in [2.75, 3.05) is 13.6 Å². The normalized spacial score (nSPS) is 12.5. The Labute approximate surface area is 120 Å². The standard InChI is InChI=1S/C15H23ClN2O/c1-11(2)8-13(9-17)15(19)18(3)10-12-4-6-14(16)7-5-12/h4-7,11,13H,8-10,17H2,1-3H3. The Bertz CT molecular complexity index is 403. The molecule has 1 amide bonds. The lowest BCUT2D eigenvalue weighted by molar-refractivity contribution is -0.134. The van der Waals surface area contributed by atoms with Crippen LogP contribution in [0.4, 0.5) is 0 Å². The lowest BCUT2D eigenvalue weighted by Crippen LogP contribution is -2.36. The molecular formula is C15H23ClN2O. The van der Waals surface area contributed by atoms with Gasteiger partial charge in [0.25, 0.3) is 0 Å². The van der Waals surface area contributed by atoms with Crippen LogP contribution in [0, 0.1) is 11.8 Å². The Morgan fingerprint density at radius 2 is 1.89 bits per heavy atom. The van der Waals surface area contributed by atoms with Crippen LogP contribution in [0.15, 0.2) is 24.3 Å². The summed E-state index contributed by atoms with van der Waals surface area (Å²) in [6.07, 6.45) is 0.834. The number of nitrogens with zero attached hydrogens (tertiary/aromatic N) is 1. The zero-order valence-corrected chi connectivity index (χ0v) is 12.7. The molecule has 0 aromatic heterocycles. The lowest BCUT2D eigenvalue weighted by Gasteiger charge is -2.24. The minimum Gasteiger partial charge on any atom is -0.341 e. The van der Waals surface area contributed by atoms with Gasteiger partial charge in [0.05, 0.1) is 5.92 Å². The predicted molar refractivity (Wildman–Crippen MR) is 79.9 cm³/mol. The summed E-state index contributed by atoms with van der Waals surface area (Å²) in [4.78, 5) is 14.0. The van der Waals surface area contributed by atoms with Gasteiger partial charge in [0.1, 0.15) is 0 Å². The van der Waals surface area contributed by atoms with Crippen LogP contribution in [-0.2, 0) is 11.3 Å². The molecule has 0 spiro atoms. The number of benzene rings is 1. The van der Waals surface area contributed by atoms with Gasteiger partial charge in [-0.15, -0.1) is 0 Å². The van der Waals surface area contributed by atoms with Crippen molar-refractivity contribution >= 4 is 17.5 Å². The molecule has 1 unspecified atom stereocenters. The van der Waals surface area contributed by atoms with Crippen molar-refractivity contribution in [3.05, 3.63) is 34.9 Å². The van der Waals surface area contributed by atoms with Crippen molar-refractivity contribution < 1.29 is 4.79 Å². The molecule has 19 heavy (non-hydrogen) atoms. The van der Waals surface area contributed by atoms with Crippen LogP contribution >= 0.6 is 11.6 Å². The molecule has 1 aromatic rings. The highest BCUT2D eigenvalue weighted by Gasteiger charge is 2.21. The molecule has 0 heterocycles. The van der Waals surface area contributed by atoms with Gasteiger partial charge in [-0.25, -0.2) is 0 Å². The summed E-state index contributed by atoms with van der Waals surface area (Å²) >= 11 is 5.84. The maximum Gasteiger partial charge on any atom is 0.227 e. The molecule has 0 radical (unpaired) electrons. The number of carbonyl (C=O) groups is 1. The van der Waals surface area contributed by atoms with Gasteiger partial charge < -0.3 is 10.6 Å². The SMILES string of the molecule is CC(C)CC(CN)C(=O)N(C)Cc1ccc(Cl)cc1. The van der Waals surface area contributed by atoms with Gasteiger partial charge in [-0.05, 0) is 30.0 Å². The zero-order chi connectivity index (χ0) is 14.4. The van der Waals surface area contributed by atoms with E-state index in [-0.39, 0.29) is 11.8 Å². The summed E-state index contributed by atoms with van der Waals surface area (Å²) in [5.41, 5.74) is 6.78. The monoisotopic (exact) mass is 282 g/mol. The number of carbonyl (C=O) groups excluding carboxylic acids is 1. The second-order valence-electron chi connectivity index (χ2n) is 5.38. The van der Waals surface area contributed by atoms with Crippen LogP contribution < -0.4 is 5.73 Å². The van der Waals surface area contributed by atoms with Gasteiger partial charge in [0.15, 0.2) is 0 Å². The van der Waals surface area contributed by atoms with E-state index in [0.717, 1.165) is 12.0 Å². The Kier molecular flexibility index (Phi) is 6.32. The summed E-state index contributed by atoms with van der Waals surface area (Å²) in [5, 5.41) is 0.706. The first-order chi connectivity index (χ1) is 8.93. The van der Waals surface area contributed by atoms with Crippen LogP contribution in [-0.4, -0.2) is 24.4 Å². The van der Waals surface area contributed by atoms with Crippen molar-refractivity contribution in [1.29, 1.82) is 0 Å². The van der Waals surface area contributed by atoms with Crippen molar-refractivity contribution in [3.63, 3.8) is 0 Å². The first-order valence-corrected chi connectivity index (χ1v) is 7.01. The molecule has 0 fully saturated rings. The van der Waals surface area contributed by atoms with Crippen LogP contribution in [0.3, 0.4) is 0 Å². The third-order valence-electron chi connectivity index (χ3n) is 3.10. The second kappa shape index (κ2) is 7.51. The number of hydrogen-bond acceptors (Lipinski definition) is 2. The van der Waals surface area contributed by atoms with E-state index in [9.17, 15) is 4.79 Å². The number of halogens is 1. The smallest absolute Gasteiger partial charge is 0.227 e. The molecule has 0 aliphatic rings. The van der Waals surface area contributed by atoms with Crippen molar-refractivity contribution in [2.45, 2.75) is 26.8 Å². The molecular weight excluding hydrogens is 260 g/mol. The average molecular weight is 283 g/mol. The van der Waals surface area contributed by atoms with Gasteiger partial charge in [0, 0.05) is 25.2 Å². The minimum atomic E-state index is -0.0858. The summed E-state index contributed by atoms with van der Waals surface area (Å²) in [6.45, 7) is 5.21. The van der Waals surface area contributed by atoms with E-state index in [1.165, 1.54) is 0 Å². The quantitative estimate of drug-likeness (QED) is 0.872. The van der Waals surface area contributed by atoms with Gasteiger partial charge in [0.2, 0.25) is 5.91 Å². The van der Waals surface area contributed by atoms with E-state index in [1.54, 1.807) is 4.90 Å². The third kappa shape index (κ3) is 5.21. The molecule has 0 saturated heterocycles. The van der Waals surface area contributed by atoms with Crippen LogP contribution in [0.1, 0.15) is 25.8 Å². The van der Waals surface area contributed by atoms with E-state index in [1.807, 2.05) is 31.3 Å². The lowest BCUT2D eigenvalue weighted by atomic mass is 9.96. The molecule has 0 aliphatic heterocycles. The van der Waals surface area contributed by atoms with E-state index in [4.69, 9.17) is 17.3 Å². The first-order valence-electron chi connectivity index (χ1n) is 6.63. The molecule has 1 atom stereocenters. The molecule has 106 valence electrons. The van der Waals surface area contributed by atoms with Gasteiger partial charge >= 0.3 is 0 Å². The highest BCUT2D eigenvalue weighted by Crippen LogP contribution is 2.16. The van der Waals surface area contributed by atoms with Gasteiger partial charge in [-0.2, -0.15) is 0 Å². The fourth-order valence-corrected chi connectivity index (χ4v) is 2.25. The summed E-state index contributed by atoms with van der Waals surface area (Å²) in [7, 11) is 1.82. The first kappa shape index (κ1) is 16.0. The summed E-state index contributed by atoms with van der Waals surface area (Å²) in [5.74, 6) is 0.505. The Morgan fingerprint density at radius 1 is 1.32 bits per heavy atom. The molecule has 1 aromatic carbocycles. The van der Waals surface area contributed by atoms with Crippen molar-refractivity contribution in [1.82, 2.24) is 4.90 Å². The van der Waals surface area contributed by atoms with E-state index in [0.29, 0.717) is 24.0 Å². The predicted octanol–water partition coefficient (Wildman–Crippen LogP) is 2.92. The van der Waals surface area contributed by atoms with E-state index < -0.39 is 0 Å². The second-order valence-corrected chi connectivity index (χ2v) is 5.82. The Morgan fingerprint density at radius 3 is 2.37 bits per heavy atom. The summed E-state index contributed by atoms with van der Waals surface area (Å²) < 4.78 is 0. The molecule has 0 aliphatic carbocycles. The third-order valence-corrected chi connectivity index (χ3v) is 3.35. The van der Waals surface area contributed by atoms with Gasteiger partial charge in [-0.3, -0.25) is 4.79 Å². The highest BCUT2D eigenvalue weighted by atomic mass is 35.5. The topological polar surface area (TPSA) is 46.3 Å². The molecule has 1 rings (SSSR count). The Balaban J connectivity index is 2.63. The minimum absolute atomic E-state index is 0.0858. The molecule has 0 bridgehead atoms. The molecule has 4 heteroatoms. The summed E-state index contributed by atoms with van der Waals surface area (Å²) in [6, 6.07) is 7.55. The number of rotatable bonds is 6. The number of amides is 1. The maximum absolute atomic E-state index is 12.3. The molecule has 0 saturated carbocycles. The largest absolute Gasteiger partial charge is 0.341 e. The Hall–Kier alpha value is -1.06. The fourth-order valence-electron chi connectivity index (χ4n) is 2.12. The zero-order valence-electron chi connectivity index (χ0n) is 11.9.